The molecule has 0 saturated heterocycles. The van der Waals surface area contributed by atoms with Crippen molar-refractivity contribution >= 4 is 0 Å². The van der Waals surface area contributed by atoms with Gasteiger partial charge in [-0.25, -0.2) is 0 Å². The zero-order valence-corrected chi connectivity index (χ0v) is 14.2. The maximum atomic E-state index is 3.71. The average molecular weight is 280 g/mol. The molecule has 0 bridgehead atoms. The van der Waals surface area contributed by atoms with Crippen LogP contribution in [-0.2, 0) is 0 Å². The van der Waals surface area contributed by atoms with Gasteiger partial charge in [-0.05, 0) is 19.8 Å². The van der Waals surface area contributed by atoms with Gasteiger partial charge in [0.15, 0.2) is 0 Å². The Balaban J connectivity index is 2.92. The second-order valence-electron chi connectivity index (χ2n) is 6.21. The average Bonchev–Trinajstić information content (AvgIpc) is 2.47. The third-order valence-electron chi connectivity index (χ3n) is 4.14. The molecule has 20 heavy (non-hydrogen) atoms. The van der Waals surface area contributed by atoms with Crippen molar-refractivity contribution in [2.45, 2.75) is 110 Å². The molecule has 0 aromatic rings. The first kappa shape index (κ1) is 19.7. The van der Waals surface area contributed by atoms with Crippen molar-refractivity contribution in [3.63, 3.8) is 0 Å². The highest BCUT2D eigenvalue weighted by Crippen LogP contribution is 2.13. The monoisotopic (exact) mass is 279 g/mol. The summed E-state index contributed by atoms with van der Waals surface area (Å²) in [5.74, 6) is 0. The molecule has 0 aliphatic rings. The van der Waals surface area contributed by atoms with Gasteiger partial charge in [0.05, 0.1) is 0 Å². The molecule has 0 atom stereocenters. The van der Waals surface area contributed by atoms with Gasteiger partial charge in [0, 0.05) is 0 Å². The van der Waals surface area contributed by atoms with Gasteiger partial charge < -0.3 is 0 Å². The molecule has 0 unspecified atom stereocenters. The summed E-state index contributed by atoms with van der Waals surface area (Å²) >= 11 is 0. The Kier molecular flexibility index (Phi) is 18.5. The fourth-order valence-corrected chi connectivity index (χ4v) is 2.75. The van der Waals surface area contributed by atoms with Crippen molar-refractivity contribution < 1.29 is 0 Å². The minimum Gasteiger partial charge on any atom is -0.0885 e. The molecule has 0 rings (SSSR count). The Labute approximate surface area is 129 Å². The smallest absolute Gasteiger partial charge is 0.0316 e. The Morgan fingerprint density at radius 3 is 1.25 bits per heavy atom. The summed E-state index contributed by atoms with van der Waals surface area (Å²) in [6.07, 6.45) is 27.0. The minimum atomic E-state index is 1.22. The van der Waals surface area contributed by atoms with Gasteiger partial charge in [0.1, 0.15) is 0 Å². The molecule has 0 N–H and O–H groups in total. The molecular formula is C20H39. The Morgan fingerprint density at radius 1 is 0.550 bits per heavy atom. The Bertz CT molecular complexity index is 180. The van der Waals surface area contributed by atoms with Crippen LogP contribution in [0.2, 0.25) is 0 Å². The summed E-state index contributed by atoms with van der Waals surface area (Å²) in [5, 5.41) is 0. The highest BCUT2D eigenvalue weighted by Gasteiger charge is 1.93. The van der Waals surface area contributed by atoms with Gasteiger partial charge in [0.25, 0.3) is 0 Å². The third kappa shape index (κ3) is 17.7. The van der Waals surface area contributed by atoms with E-state index in [1.165, 1.54) is 103 Å². The lowest BCUT2D eigenvalue weighted by Gasteiger charge is -2.03. The van der Waals surface area contributed by atoms with Gasteiger partial charge in [-0.15, -0.1) is 0 Å². The SMILES string of the molecule is [CH2]C=CCCCCCCCCCCCCCCCCC. The van der Waals surface area contributed by atoms with Crippen LogP contribution < -0.4 is 0 Å². The molecule has 1 radical (unpaired) electrons. The molecule has 0 amide bonds. The van der Waals surface area contributed by atoms with Crippen LogP contribution in [-0.4, -0.2) is 0 Å². The van der Waals surface area contributed by atoms with E-state index in [4.69, 9.17) is 0 Å². The van der Waals surface area contributed by atoms with Crippen molar-refractivity contribution in [2.75, 3.05) is 0 Å². The summed E-state index contributed by atoms with van der Waals surface area (Å²) < 4.78 is 0. The van der Waals surface area contributed by atoms with Gasteiger partial charge in [0.2, 0.25) is 0 Å². The Hall–Kier alpha value is -0.260. The van der Waals surface area contributed by atoms with E-state index in [0.717, 1.165) is 0 Å². The first-order chi connectivity index (χ1) is 9.91. The first-order valence-corrected chi connectivity index (χ1v) is 9.36. The first-order valence-electron chi connectivity index (χ1n) is 9.36. The zero-order chi connectivity index (χ0) is 14.7. The Morgan fingerprint density at radius 2 is 0.900 bits per heavy atom. The van der Waals surface area contributed by atoms with Crippen molar-refractivity contribution in [1.29, 1.82) is 0 Å². The minimum absolute atomic E-state index is 1.22. The predicted molar refractivity (Wildman–Crippen MR) is 94.0 cm³/mol. The second kappa shape index (κ2) is 18.7. The van der Waals surface area contributed by atoms with Crippen LogP contribution >= 0.6 is 0 Å². The van der Waals surface area contributed by atoms with E-state index in [9.17, 15) is 0 Å². The molecule has 0 spiro atoms. The molecular weight excluding hydrogens is 240 g/mol. The molecule has 0 aliphatic carbocycles. The van der Waals surface area contributed by atoms with Crippen LogP contribution in [0.25, 0.3) is 0 Å². The highest BCUT2D eigenvalue weighted by atomic mass is 14.0. The van der Waals surface area contributed by atoms with E-state index in [-0.39, 0.29) is 0 Å². The molecule has 0 saturated carbocycles. The fourth-order valence-electron chi connectivity index (χ4n) is 2.75. The van der Waals surface area contributed by atoms with Gasteiger partial charge in [-0.3, -0.25) is 0 Å². The molecule has 119 valence electrons. The van der Waals surface area contributed by atoms with Crippen molar-refractivity contribution in [2.24, 2.45) is 0 Å². The standard InChI is InChI=1S/C20H39/c1-3-5-7-9-11-13-15-17-19-20-18-16-14-12-10-8-6-4-2/h3,5H,1,4,6-20H2,2H3. The molecule has 0 aromatic carbocycles. The third-order valence-corrected chi connectivity index (χ3v) is 4.14. The van der Waals surface area contributed by atoms with Gasteiger partial charge in [-0.1, -0.05) is 109 Å². The predicted octanol–water partition coefficient (Wildman–Crippen LogP) is 7.64. The number of hydrogen-bond acceptors (Lipinski definition) is 0. The van der Waals surface area contributed by atoms with Crippen LogP contribution in [0.3, 0.4) is 0 Å². The lowest BCUT2D eigenvalue weighted by atomic mass is 10.0. The maximum absolute atomic E-state index is 3.71. The lowest BCUT2D eigenvalue weighted by molar-refractivity contribution is 0.533. The van der Waals surface area contributed by atoms with Crippen molar-refractivity contribution in [1.82, 2.24) is 0 Å². The second-order valence-corrected chi connectivity index (χ2v) is 6.21. The fraction of sp³-hybridized carbons (Fsp3) is 0.850. The summed E-state index contributed by atoms with van der Waals surface area (Å²) in [7, 11) is 0. The van der Waals surface area contributed by atoms with Crippen LogP contribution in [0.4, 0.5) is 0 Å². The van der Waals surface area contributed by atoms with Crippen LogP contribution in [0.15, 0.2) is 12.2 Å². The van der Waals surface area contributed by atoms with Crippen LogP contribution in [0.5, 0.6) is 0 Å². The zero-order valence-electron chi connectivity index (χ0n) is 14.2. The summed E-state index contributed by atoms with van der Waals surface area (Å²) in [6, 6.07) is 0. The van der Waals surface area contributed by atoms with Crippen molar-refractivity contribution in [3.8, 4) is 0 Å². The summed E-state index contributed by atoms with van der Waals surface area (Å²) in [6.45, 7) is 6.00. The number of hydrogen-bond donors (Lipinski definition) is 0. The normalized spacial score (nSPS) is 11.5. The quantitative estimate of drug-likeness (QED) is 0.255. The van der Waals surface area contributed by atoms with Gasteiger partial charge in [-0.2, -0.15) is 0 Å². The number of unbranched alkanes of at least 4 members (excludes halogenated alkanes) is 15. The van der Waals surface area contributed by atoms with Gasteiger partial charge >= 0.3 is 0 Å². The molecule has 0 aliphatic heterocycles. The summed E-state index contributed by atoms with van der Waals surface area (Å²) in [5.41, 5.74) is 0. The molecule has 0 heterocycles. The van der Waals surface area contributed by atoms with E-state index in [1.807, 2.05) is 6.08 Å². The lowest BCUT2D eigenvalue weighted by Crippen LogP contribution is -1.83. The van der Waals surface area contributed by atoms with E-state index >= 15 is 0 Å². The van der Waals surface area contributed by atoms with Crippen LogP contribution in [0, 0.1) is 6.92 Å². The number of allylic oxidation sites excluding steroid dienone is 2. The van der Waals surface area contributed by atoms with Crippen LogP contribution in [0.1, 0.15) is 110 Å². The molecule has 0 nitrogen and oxygen atoms in total. The maximum Gasteiger partial charge on any atom is -0.0316 e. The highest BCUT2D eigenvalue weighted by molar-refractivity contribution is 4.83. The van der Waals surface area contributed by atoms with Crippen molar-refractivity contribution in [3.05, 3.63) is 19.1 Å². The van der Waals surface area contributed by atoms with E-state index in [1.54, 1.807) is 0 Å². The molecule has 0 heteroatoms. The van der Waals surface area contributed by atoms with E-state index in [0.29, 0.717) is 0 Å². The summed E-state index contributed by atoms with van der Waals surface area (Å²) in [4.78, 5) is 0. The number of rotatable bonds is 16. The topological polar surface area (TPSA) is 0 Å². The largest absolute Gasteiger partial charge is 0.0885 e. The molecule has 0 aromatic heterocycles. The van der Waals surface area contributed by atoms with E-state index < -0.39 is 0 Å². The van der Waals surface area contributed by atoms with E-state index in [2.05, 4.69) is 19.9 Å². The molecule has 0 fully saturated rings.